The molecule has 0 radical (unpaired) electrons. The Morgan fingerprint density at radius 1 is 1.44 bits per heavy atom. The highest BCUT2D eigenvalue weighted by Gasteiger charge is 2.34. The molecule has 3 atom stereocenters. The van der Waals surface area contributed by atoms with Gasteiger partial charge in [0.25, 0.3) is 0 Å². The molecule has 3 rings (SSSR count). The second-order valence-corrected chi connectivity index (χ2v) is 4.54. The number of aliphatic hydroxyl groups excluding tert-OH is 2. The first-order valence-electron chi connectivity index (χ1n) is 5.83. The molecule has 0 aliphatic carbocycles. The number of nitrogen functional groups attached to an aromatic ring is 1. The highest BCUT2D eigenvalue weighted by molar-refractivity contribution is 5.87. The molecular weight excluding hydrogens is 234 g/mol. The molecule has 2 aromatic heterocycles. The molecule has 2 unspecified atom stereocenters. The molecule has 1 fully saturated rings. The average Bonchev–Trinajstić information content (AvgIpc) is 2.93. The van der Waals surface area contributed by atoms with Gasteiger partial charge in [-0.25, -0.2) is 9.97 Å². The molecular formula is C11H15N5O2. The van der Waals surface area contributed by atoms with Crippen LogP contribution in [0.3, 0.4) is 0 Å². The van der Waals surface area contributed by atoms with Crippen LogP contribution in [0.4, 0.5) is 5.82 Å². The highest BCUT2D eigenvalue weighted by atomic mass is 16.3. The number of H-pyrrole nitrogens is 1. The lowest BCUT2D eigenvalue weighted by Crippen LogP contribution is -2.34. The summed E-state index contributed by atoms with van der Waals surface area (Å²) in [4.78, 5) is 11.2. The fraction of sp³-hybridized carbons (Fsp3) is 0.455. The lowest BCUT2D eigenvalue weighted by atomic mass is 10.1. The van der Waals surface area contributed by atoms with Gasteiger partial charge in [-0.2, -0.15) is 0 Å². The Morgan fingerprint density at radius 2 is 2.28 bits per heavy atom. The van der Waals surface area contributed by atoms with Gasteiger partial charge >= 0.3 is 0 Å². The van der Waals surface area contributed by atoms with Gasteiger partial charge in [0.1, 0.15) is 11.8 Å². The standard InChI is InChI=1S/C11H15N5O2/c12-11-10-9(14-4-15-11)5(2-13-10)6-1-8(18)7(3-17)16-6/h2,4,6-8,13,16-18H,1,3H2,(H2,12,14,15)/t6?,7?,8-/m1/s1. The summed E-state index contributed by atoms with van der Waals surface area (Å²) in [6.45, 7) is -0.0862. The summed E-state index contributed by atoms with van der Waals surface area (Å²) in [7, 11) is 0. The number of aliphatic hydroxyl groups is 2. The summed E-state index contributed by atoms with van der Waals surface area (Å²) in [5, 5.41) is 22.1. The topological polar surface area (TPSA) is 120 Å². The van der Waals surface area contributed by atoms with E-state index in [9.17, 15) is 5.11 Å². The summed E-state index contributed by atoms with van der Waals surface area (Å²) in [6, 6.07) is -0.334. The quantitative estimate of drug-likeness (QED) is 0.480. The van der Waals surface area contributed by atoms with Crippen LogP contribution in [-0.2, 0) is 0 Å². The summed E-state index contributed by atoms with van der Waals surface area (Å²) in [5.41, 5.74) is 8.16. The van der Waals surface area contributed by atoms with E-state index in [-0.39, 0.29) is 18.7 Å². The smallest absolute Gasteiger partial charge is 0.151 e. The molecule has 18 heavy (non-hydrogen) atoms. The van der Waals surface area contributed by atoms with E-state index < -0.39 is 6.10 Å². The molecule has 6 N–H and O–H groups in total. The first-order chi connectivity index (χ1) is 8.70. The minimum atomic E-state index is -0.552. The second-order valence-electron chi connectivity index (χ2n) is 4.54. The van der Waals surface area contributed by atoms with Gasteiger partial charge in [0, 0.05) is 17.8 Å². The van der Waals surface area contributed by atoms with Gasteiger partial charge in [-0.3, -0.25) is 0 Å². The number of nitrogens with one attached hydrogen (secondary N) is 2. The molecule has 0 aromatic carbocycles. The van der Waals surface area contributed by atoms with Crippen molar-refractivity contribution in [2.75, 3.05) is 12.3 Å². The summed E-state index contributed by atoms with van der Waals surface area (Å²) in [6.07, 6.45) is 3.23. The van der Waals surface area contributed by atoms with E-state index in [1.165, 1.54) is 6.33 Å². The van der Waals surface area contributed by atoms with Gasteiger partial charge in [0.2, 0.25) is 0 Å². The van der Waals surface area contributed by atoms with E-state index in [0.717, 1.165) is 11.1 Å². The van der Waals surface area contributed by atoms with Crippen LogP contribution in [0.1, 0.15) is 18.0 Å². The molecule has 0 spiro atoms. The van der Waals surface area contributed by atoms with Crippen LogP contribution < -0.4 is 11.1 Å². The molecule has 0 saturated carbocycles. The minimum absolute atomic E-state index is 0.0415. The second kappa shape index (κ2) is 4.20. The van der Waals surface area contributed by atoms with E-state index in [4.69, 9.17) is 10.8 Å². The van der Waals surface area contributed by atoms with Crippen molar-refractivity contribution in [3.05, 3.63) is 18.1 Å². The predicted octanol–water partition coefficient (Wildman–Crippen LogP) is -0.704. The van der Waals surface area contributed by atoms with Crippen molar-refractivity contribution in [3.8, 4) is 0 Å². The van der Waals surface area contributed by atoms with Crippen LogP contribution >= 0.6 is 0 Å². The Bertz CT molecular complexity index is 570. The molecule has 1 aliphatic heterocycles. The fourth-order valence-electron chi connectivity index (χ4n) is 2.48. The molecule has 96 valence electrons. The largest absolute Gasteiger partial charge is 0.395 e. The molecule has 7 heteroatoms. The SMILES string of the molecule is Nc1ncnc2c(C3C[C@@H](O)C(CO)N3)c[nH]c12. The number of anilines is 1. The van der Waals surface area contributed by atoms with Crippen molar-refractivity contribution in [2.24, 2.45) is 0 Å². The first-order valence-corrected chi connectivity index (χ1v) is 5.83. The summed E-state index contributed by atoms with van der Waals surface area (Å²) >= 11 is 0. The van der Waals surface area contributed by atoms with Gasteiger partial charge < -0.3 is 26.2 Å². The van der Waals surface area contributed by atoms with Crippen molar-refractivity contribution in [3.63, 3.8) is 0 Å². The monoisotopic (exact) mass is 249 g/mol. The maximum atomic E-state index is 9.79. The van der Waals surface area contributed by atoms with Crippen LogP contribution in [0.5, 0.6) is 0 Å². The van der Waals surface area contributed by atoms with Gasteiger partial charge in [0.15, 0.2) is 5.82 Å². The molecule has 1 aliphatic rings. The Kier molecular flexibility index (Phi) is 2.66. The molecule has 3 heterocycles. The Labute approximate surface area is 103 Å². The maximum Gasteiger partial charge on any atom is 0.151 e. The predicted molar refractivity (Wildman–Crippen MR) is 65.7 cm³/mol. The van der Waals surface area contributed by atoms with Gasteiger partial charge in [-0.05, 0) is 6.42 Å². The number of nitrogens with two attached hydrogens (primary N) is 1. The number of nitrogens with zero attached hydrogens (tertiary/aromatic N) is 2. The fourth-order valence-corrected chi connectivity index (χ4v) is 2.48. The molecule has 1 saturated heterocycles. The average molecular weight is 249 g/mol. The van der Waals surface area contributed by atoms with E-state index in [1.807, 2.05) is 6.20 Å². The molecule has 7 nitrogen and oxygen atoms in total. The zero-order chi connectivity index (χ0) is 12.7. The van der Waals surface area contributed by atoms with Crippen molar-refractivity contribution in [1.82, 2.24) is 20.3 Å². The zero-order valence-corrected chi connectivity index (χ0v) is 9.67. The Hall–Kier alpha value is -1.70. The van der Waals surface area contributed by atoms with E-state index in [1.54, 1.807) is 0 Å². The van der Waals surface area contributed by atoms with Crippen LogP contribution in [0, 0.1) is 0 Å². The summed E-state index contributed by atoms with van der Waals surface area (Å²) in [5.74, 6) is 0.406. The van der Waals surface area contributed by atoms with Crippen LogP contribution in [0.15, 0.2) is 12.5 Å². The third kappa shape index (κ3) is 1.64. The Balaban J connectivity index is 1.99. The summed E-state index contributed by atoms with van der Waals surface area (Å²) < 4.78 is 0. The van der Waals surface area contributed by atoms with Crippen molar-refractivity contribution < 1.29 is 10.2 Å². The minimum Gasteiger partial charge on any atom is -0.395 e. The number of aromatic amines is 1. The van der Waals surface area contributed by atoms with Crippen molar-refractivity contribution in [2.45, 2.75) is 24.6 Å². The normalized spacial score (nSPS) is 28.0. The van der Waals surface area contributed by atoms with Crippen LogP contribution in [0.25, 0.3) is 11.0 Å². The molecule has 2 aromatic rings. The number of rotatable bonds is 2. The molecule has 0 amide bonds. The van der Waals surface area contributed by atoms with Gasteiger partial charge in [-0.15, -0.1) is 0 Å². The zero-order valence-electron chi connectivity index (χ0n) is 9.67. The third-order valence-electron chi connectivity index (χ3n) is 3.45. The Morgan fingerprint density at radius 3 is 3.00 bits per heavy atom. The van der Waals surface area contributed by atoms with Crippen molar-refractivity contribution in [1.29, 1.82) is 0 Å². The van der Waals surface area contributed by atoms with E-state index in [2.05, 4.69) is 20.3 Å². The maximum absolute atomic E-state index is 9.79. The van der Waals surface area contributed by atoms with E-state index >= 15 is 0 Å². The van der Waals surface area contributed by atoms with E-state index in [0.29, 0.717) is 17.8 Å². The van der Waals surface area contributed by atoms with Crippen LogP contribution in [0.2, 0.25) is 0 Å². The highest BCUT2D eigenvalue weighted by Crippen LogP contribution is 2.31. The number of fused-ring (bicyclic) bond motifs is 1. The van der Waals surface area contributed by atoms with Gasteiger partial charge in [0.05, 0.1) is 24.3 Å². The number of hydrogen-bond acceptors (Lipinski definition) is 6. The lowest BCUT2D eigenvalue weighted by Gasteiger charge is -2.11. The van der Waals surface area contributed by atoms with Gasteiger partial charge in [-0.1, -0.05) is 0 Å². The third-order valence-corrected chi connectivity index (χ3v) is 3.45. The lowest BCUT2D eigenvalue weighted by molar-refractivity contribution is 0.121. The number of hydrogen-bond donors (Lipinski definition) is 5. The van der Waals surface area contributed by atoms with Crippen LogP contribution in [-0.4, -0.2) is 43.9 Å². The first kappa shape index (κ1) is 11.4. The molecule has 0 bridgehead atoms. The number of aromatic nitrogens is 3. The van der Waals surface area contributed by atoms with Crippen molar-refractivity contribution >= 4 is 16.9 Å².